The van der Waals surface area contributed by atoms with E-state index in [1.165, 1.54) is 0 Å². The highest BCUT2D eigenvalue weighted by Crippen LogP contribution is 2.36. The van der Waals surface area contributed by atoms with Gasteiger partial charge in [-0.25, -0.2) is 9.67 Å². The fourth-order valence-electron chi connectivity index (χ4n) is 3.06. The average Bonchev–Trinajstić information content (AvgIpc) is 3.26. The molecule has 0 spiro atoms. The summed E-state index contributed by atoms with van der Waals surface area (Å²) in [6, 6.07) is 15.6. The molecule has 2 heterocycles. The Hall–Kier alpha value is -3.04. The summed E-state index contributed by atoms with van der Waals surface area (Å²) in [7, 11) is 0. The topological polar surface area (TPSA) is 85.6 Å². The van der Waals surface area contributed by atoms with Crippen LogP contribution in [0.2, 0.25) is 0 Å². The van der Waals surface area contributed by atoms with Gasteiger partial charge in [0.25, 0.3) is 5.91 Å². The Kier molecular flexibility index (Phi) is 5.29. The van der Waals surface area contributed by atoms with Crippen LogP contribution in [-0.2, 0) is 5.75 Å². The molecule has 30 heavy (non-hydrogen) atoms. The first-order chi connectivity index (χ1) is 14.8. The highest BCUT2D eigenvalue weighted by molar-refractivity contribution is 7.98. The van der Waals surface area contributed by atoms with Gasteiger partial charge in [-0.3, -0.25) is 4.79 Å². The van der Waals surface area contributed by atoms with Gasteiger partial charge in [0, 0.05) is 32.8 Å². The second-order valence-electron chi connectivity index (χ2n) is 7.01. The summed E-state index contributed by atoms with van der Waals surface area (Å²) in [4.78, 5) is 18.1. The Labute approximate surface area is 181 Å². The zero-order valence-corrected chi connectivity index (χ0v) is 17.6. The van der Waals surface area contributed by atoms with Crippen LogP contribution in [0.15, 0.2) is 64.3 Å². The number of amides is 1. The monoisotopic (exact) mass is 434 g/mol. The summed E-state index contributed by atoms with van der Waals surface area (Å²) in [6.45, 7) is 0. The van der Waals surface area contributed by atoms with Gasteiger partial charge in [0.05, 0.1) is 17.2 Å². The van der Waals surface area contributed by atoms with Gasteiger partial charge in [-0.1, -0.05) is 12.1 Å². The molecular formula is C21H18N6OS2. The summed E-state index contributed by atoms with van der Waals surface area (Å²) in [5.41, 5.74) is 5.12. The number of carbonyl (C=O) groups excluding carboxylic acids is 1. The van der Waals surface area contributed by atoms with Crippen LogP contribution in [0.25, 0.3) is 11.4 Å². The number of hydrogen-bond donors (Lipinski definition) is 1. The minimum Gasteiger partial charge on any atom is -0.322 e. The lowest BCUT2D eigenvalue weighted by atomic mass is 10.1. The number of rotatable bonds is 7. The molecule has 0 atom stereocenters. The lowest BCUT2D eigenvalue weighted by Gasteiger charge is -2.08. The minimum atomic E-state index is -0.148. The zero-order valence-electron chi connectivity index (χ0n) is 15.9. The normalized spacial score (nSPS) is 13.3. The summed E-state index contributed by atoms with van der Waals surface area (Å²) in [5.74, 6) is 1.40. The van der Waals surface area contributed by atoms with Crippen molar-refractivity contribution in [1.82, 2.24) is 25.2 Å². The van der Waals surface area contributed by atoms with Crippen LogP contribution in [0.3, 0.4) is 0 Å². The summed E-state index contributed by atoms with van der Waals surface area (Å²) in [6.07, 6.45) is 2.21. The predicted molar refractivity (Wildman–Crippen MR) is 118 cm³/mol. The van der Waals surface area contributed by atoms with E-state index in [0.717, 1.165) is 40.6 Å². The molecule has 1 saturated carbocycles. The molecule has 1 aliphatic rings. The Morgan fingerprint density at radius 2 is 2.07 bits per heavy atom. The quantitative estimate of drug-likeness (QED) is 0.425. The Bertz CT molecular complexity index is 1150. The van der Waals surface area contributed by atoms with Crippen molar-refractivity contribution in [3.63, 3.8) is 0 Å². The van der Waals surface area contributed by atoms with Crippen LogP contribution < -0.4 is 5.32 Å². The highest BCUT2D eigenvalue weighted by atomic mass is 32.2. The number of hydrogen-bond acceptors (Lipinski definition) is 7. The van der Waals surface area contributed by atoms with Crippen molar-refractivity contribution < 1.29 is 4.79 Å². The number of benzene rings is 2. The fourth-order valence-corrected chi connectivity index (χ4v) is 4.52. The number of nitrogens with zero attached hydrogens (tertiary/aromatic N) is 5. The van der Waals surface area contributed by atoms with Crippen LogP contribution in [0, 0.1) is 0 Å². The smallest absolute Gasteiger partial charge is 0.255 e. The number of carbonyl (C=O) groups is 1. The molecule has 2 aromatic heterocycles. The van der Waals surface area contributed by atoms with Gasteiger partial charge in [0.1, 0.15) is 0 Å². The molecule has 1 N–H and O–H groups in total. The molecular weight excluding hydrogens is 416 g/mol. The molecule has 2 aromatic carbocycles. The third-order valence-corrected chi connectivity index (χ3v) is 6.43. The number of aromatic nitrogens is 5. The molecule has 0 saturated heterocycles. The fraction of sp³-hybridized carbons (Fsp3) is 0.190. The van der Waals surface area contributed by atoms with Crippen molar-refractivity contribution in [3.8, 4) is 11.4 Å². The van der Waals surface area contributed by atoms with Gasteiger partial charge in [-0.15, -0.1) is 28.2 Å². The molecule has 0 bridgehead atoms. The molecule has 0 aliphatic heterocycles. The average molecular weight is 435 g/mol. The third kappa shape index (κ3) is 4.27. The SMILES string of the molecule is O=C(Nc1cccc(-c2nnnn2C2CC2)c1)c1ccc(SCc2cscn2)cc1. The lowest BCUT2D eigenvalue weighted by Crippen LogP contribution is -2.11. The van der Waals surface area contributed by atoms with Crippen molar-refractivity contribution >= 4 is 34.7 Å². The molecule has 150 valence electrons. The van der Waals surface area contributed by atoms with E-state index < -0.39 is 0 Å². The summed E-state index contributed by atoms with van der Waals surface area (Å²) >= 11 is 3.30. The number of thioether (sulfide) groups is 1. The van der Waals surface area contributed by atoms with Crippen LogP contribution in [0.4, 0.5) is 5.69 Å². The number of anilines is 1. The Balaban J connectivity index is 1.25. The second kappa shape index (κ2) is 8.37. The first-order valence-electron chi connectivity index (χ1n) is 9.56. The van der Waals surface area contributed by atoms with E-state index in [2.05, 4.69) is 25.8 Å². The number of nitrogens with one attached hydrogen (secondary N) is 1. The third-order valence-electron chi connectivity index (χ3n) is 4.75. The molecule has 1 fully saturated rings. The van der Waals surface area contributed by atoms with Gasteiger partial charge in [0.2, 0.25) is 0 Å². The van der Waals surface area contributed by atoms with Gasteiger partial charge < -0.3 is 5.32 Å². The van der Waals surface area contributed by atoms with Crippen LogP contribution >= 0.6 is 23.1 Å². The van der Waals surface area contributed by atoms with E-state index in [0.29, 0.717) is 17.3 Å². The lowest BCUT2D eigenvalue weighted by molar-refractivity contribution is 0.102. The largest absolute Gasteiger partial charge is 0.322 e. The van der Waals surface area contributed by atoms with E-state index in [9.17, 15) is 4.79 Å². The van der Waals surface area contributed by atoms with E-state index in [1.54, 1.807) is 23.1 Å². The molecule has 1 amide bonds. The van der Waals surface area contributed by atoms with Crippen LogP contribution in [0.1, 0.15) is 34.9 Å². The molecule has 9 heteroatoms. The number of thiazole rings is 1. The maximum absolute atomic E-state index is 12.7. The molecule has 1 aliphatic carbocycles. The molecule has 0 radical (unpaired) electrons. The minimum absolute atomic E-state index is 0.148. The first kappa shape index (κ1) is 19.0. The maximum Gasteiger partial charge on any atom is 0.255 e. The van der Waals surface area contributed by atoms with Gasteiger partial charge in [-0.05, 0) is 59.7 Å². The van der Waals surface area contributed by atoms with Crippen molar-refractivity contribution in [3.05, 3.63) is 70.7 Å². The van der Waals surface area contributed by atoms with E-state index in [-0.39, 0.29) is 5.91 Å². The highest BCUT2D eigenvalue weighted by Gasteiger charge is 2.28. The van der Waals surface area contributed by atoms with Crippen molar-refractivity contribution in [2.75, 3.05) is 5.32 Å². The predicted octanol–water partition coefficient (Wildman–Crippen LogP) is 4.68. The molecule has 5 rings (SSSR count). The van der Waals surface area contributed by atoms with Crippen molar-refractivity contribution in [2.45, 2.75) is 29.5 Å². The summed E-state index contributed by atoms with van der Waals surface area (Å²) < 4.78 is 1.86. The Morgan fingerprint density at radius 3 is 2.83 bits per heavy atom. The number of tetrazole rings is 1. The van der Waals surface area contributed by atoms with Gasteiger partial charge in [0.15, 0.2) is 5.82 Å². The summed E-state index contributed by atoms with van der Waals surface area (Å²) in [5, 5.41) is 17.1. The van der Waals surface area contributed by atoms with Gasteiger partial charge >= 0.3 is 0 Å². The van der Waals surface area contributed by atoms with Gasteiger partial charge in [-0.2, -0.15) is 0 Å². The molecule has 4 aromatic rings. The first-order valence-corrected chi connectivity index (χ1v) is 11.5. The standard InChI is InChI=1S/C21H18N6OS2/c28-21(14-4-8-19(9-5-14)30-12-17-11-29-13-22-17)23-16-3-1-2-15(10-16)20-24-25-26-27(20)18-6-7-18/h1-5,8-11,13,18H,6-7,12H2,(H,23,28). The molecule has 0 unspecified atom stereocenters. The van der Waals surface area contributed by atoms with Crippen LogP contribution in [0.5, 0.6) is 0 Å². The molecule has 7 nitrogen and oxygen atoms in total. The second-order valence-corrected chi connectivity index (χ2v) is 8.77. The van der Waals surface area contributed by atoms with Crippen molar-refractivity contribution in [1.29, 1.82) is 0 Å². The Morgan fingerprint density at radius 1 is 1.20 bits per heavy atom. The van der Waals surface area contributed by atoms with Crippen LogP contribution in [-0.4, -0.2) is 31.1 Å². The maximum atomic E-state index is 12.7. The van der Waals surface area contributed by atoms with E-state index in [4.69, 9.17) is 0 Å². The van der Waals surface area contributed by atoms with E-state index in [1.807, 2.05) is 64.1 Å². The van der Waals surface area contributed by atoms with E-state index >= 15 is 0 Å². The zero-order chi connectivity index (χ0) is 20.3. The van der Waals surface area contributed by atoms with Crippen molar-refractivity contribution in [2.24, 2.45) is 0 Å².